The second-order valence-corrected chi connectivity index (χ2v) is 2.14. The lowest BCUT2D eigenvalue weighted by Gasteiger charge is -2.03. The van der Waals surface area contributed by atoms with E-state index >= 15 is 0 Å². The Balaban J connectivity index is 0.000000671. The summed E-state index contributed by atoms with van der Waals surface area (Å²) in [6.45, 7) is 4.00. The van der Waals surface area contributed by atoms with E-state index in [0.717, 1.165) is 0 Å². The van der Waals surface area contributed by atoms with E-state index in [-0.39, 0.29) is 5.43 Å². The summed E-state index contributed by atoms with van der Waals surface area (Å²) in [6, 6.07) is 3.00. The van der Waals surface area contributed by atoms with Gasteiger partial charge in [-0.15, -0.1) is 0 Å². The molecule has 4 heteroatoms. The third kappa shape index (κ3) is 3.64. The first-order valence-corrected chi connectivity index (χ1v) is 4.36. The molecule has 0 amide bonds. The van der Waals surface area contributed by atoms with Crippen LogP contribution in [-0.4, -0.2) is 19.1 Å². The van der Waals surface area contributed by atoms with Crippen molar-refractivity contribution in [1.29, 1.82) is 0 Å². The molecule has 0 saturated heterocycles. The van der Waals surface area contributed by atoms with Crippen LogP contribution >= 0.6 is 0 Å². The van der Waals surface area contributed by atoms with Crippen molar-refractivity contribution in [2.75, 3.05) is 24.7 Å². The minimum absolute atomic E-state index is 0.0162. The van der Waals surface area contributed by atoms with E-state index in [0.29, 0.717) is 11.6 Å². The molecule has 1 aromatic rings. The number of pyridine rings is 1. The van der Waals surface area contributed by atoms with Crippen molar-refractivity contribution in [3.63, 3.8) is 0 Å². The predicted molar refractivity (Wildman–Crippen MR) is 57.5 cm³/mol. The van der Waals surface area contributed by atoms with E-state index < -0.39 is 0 Å². The average Bonchev–Trinajstić information content (AvgIpc) is 2.20. The molecule has 0 unspecified atom stereocenters. The number of H-pyrrole nitrogens is 1. The van der Waals surface area contributed by atoms with Crippen molar-refractivity contribution >= 4 is 11.6 Å². The number of aromatic nitrogens is 1. The summed E-state index contributed by atoms with van der Waals surface area (Å²) < 4.78 is 0. The van der Waals surface area contributed by atoms with Crippen LogP contribution in [0.4, 0.5) is 11.6 Å². The first-order chi connectivity index (χ1) is 6.26. The van der Waals surface area contributed by atoms with Gasteiger partial charge in [0.1, 0.15) is 11.6 Å². The third-order valence-corrected chi connectivity index (χ3v) is 1.38. The standard InChI is InChI=1S/C7H11N3O.C2H6/c1-8-6-3-5(11)4-7(9-2)10-6;1-2/h3-4H,1-2H3,(H3,8,9,10,11);1-2H3. The summed E-state index contributed by atoms with van der Waals surface area (Å²) in [5, 5.41) is 5.69. The molecule has 0 bridgehead atoms. The lowest BCUT2D eigenvalue weighted by Crippen LogP contribution is -2.05. The van der Waals surface area contributed by atoms with Crippen molar-refractivity contribution in [2.24, 2.45) is 0 Å². The fourth-order valence-corrected chi connectivity index (χ4v) is 0.813. The molecule has 0 atom stereocenters. The summed E-state index contributed by atoms with van der Waals surface area (Å²) in [5.74, 6) is 1.42. The minimum Gasteiger partial charge on any atom is -0.375 e. The van der Waals surface area contributed by atoms with Crippen LogP contribution in [0.25, 0.3) is 0 Å². The molecule has 0 aliphatic rings. The highest BCUT2D eigenvalue weighted by Gasteiger charge is 1.93. The van der Waals surface area contributed by atoms with Gasteiger partial charge in [-0.1, -0.05) is 13.8 Å². The molecule has 1 heterocycles. The van der Waals surface area contributed by atoms with Gasteiger partial charge in [0.25, 0.3) is 0 Å². The van der Waals surface area contributed by atoms with Gasteiger partial charge in [-0.05, 0) is 0 Å². The first kappa shape index (κ1) is 11.6. The molecule has 1 rings (SSSR count). The fourth-order valence-electron chi connectivity index (χ4n) is 0.813. The summed E-state index contributed by atoms with van der Waals surface area (Å²) in [5.41, 5.74) is -0.0162. The minimum atomic E-state index is -0.0162. The van der Waals surface area contributed by atoms with Gasteiger partial charge in [-0.2, -0.15) is 0 Å². The Kier molecular flexibility index (Phi) is 5.43. The molecule has 1 aromatic heterocycles. The van der Waals surface area contributed by atoms with Gasteiger partial charge in [0.2, 0.25) is 0 Å². The zero-order valence-corrected chi connectivity index (χ0v) is 8.56. The van der Waals surface area contributed by atoms with Gasteiger partial charge >= 0.3 is 0 Å². The van der Waals surface area contributed by atoms with E-state index in [1.54, 1.807) is 14.1 Å². The van der Waals surface area contributed by atoms with Crippen LogP contribution < -0.4 is 16.1 Å². The van der Waals surface area contributed by atoms with Crippen LogP contribution in [-0.2, 0) is 0 Å². The number of hydrogen-bond donors (Lipinski definition) is 3. The Morgan fingerprint density at radius 2 is 1.46 bits per heavy atom. The Morgan fingerprint density at radius 1 is 1.08 bits per heavy atom. The third-order valence-electron chi connectivity index (χ3n) is 1.38. The number of rotatable bonds is 2. The average molecular weight is 183 g/mol. The zero-order chi connectivity index (χ0) is 10.3. The van der Waals surface area contributed by atoms with Crippen molar-refractivity contribution in [1.82, 2.24) is 4.98 Å². The fraction of sp³-hybridized carbons (Fsp3) is 0.444. The van der Waals surface area contributed by atoms with Crippen molar-refractivity contribution in [2.45, 2.75) is 13.8 Å². The molecule has 0 spiro atoms. The molecule has 0 fully saturated rings. The van der Waals surface area contributed by atoms with Crippen LogP contribution in [0.1, 0.15) is 13.8 Å². The monoisotopic (exact) mass is 183 g/mol. The molecule has 0 saturated carbocycles. The van der Waals surface area contributed by atoms with Gasteiger partial charge in [-0.3, -0.25) is 4.79 Å². The second-order valence-electron chi connectivity index (χ2n) is 2.14. The van der Waals surface area contributed by atoms with E-state index in [1.165, 1.54) is 12.1 Å². The van der Waals surface area contributed by atoms with Crippen molar-refractivity contribution in [3.05, 3.63) is 22.4 Å². The van der Waals surface area contributed by atoms with E-state index in [9.17, 15) is 4.79 Å². The molecular formula is C9H17N3O. The number of anilines is 2. The smallest absolute Gasteiger partial charge is 0.185 e. The highest BCUT2D eigenvalue weighted by atomic mass is 16.1. The maximum Gasteiger partial charge on any atom is 0.185 e. The molecule has 13 heavy (non-hydrogen) atoms. The number of hydrogen-bond acceptors (Lipinski definition) is 3. The molecular weight excluding hydrogens is 166 g/mol. The van der Waals surface area contributed by atoms with Gasteiger partial charge < -0.3 is 15.6 Å². The SMILES string of the molecule is CC.CNc1cc(=O)cc(NC)[nH]1. The zero-order valence-electron chi connectivity index (χ0n) is 8.56. The lowest BCUT2D eigenvalue weighted by atomic mass is 10.4. The highest BCUT2D eigenvalue weighted by Crippen LogP contribution is 2.02. The molecule has 0 aliphatic heterocycles. The van der Waals surface area contributed by atoms with Crippen LogP contribution in [0.2, 0.25) is 0 Å². The second kappa shape index (κ2) is 6.11. The van der Waals surface area contributed by atoms with Crippen molar-refractivity contribution < 1.29 is 0 Å². The van der Waals surface area contributed by atoms with Crippen LogP contribution in [0.5, 0.6) is 0 Å². The van der Waals surface area contributed by atoms with Crippen LogP contribution in [0.3, 0.4) is 0 Å². The van der Waals surface area contributed by atoms with Gasteiger partial charge in [0.05, 0.1) is 0 Å². The molecule has 0 aliphatic carbocycles. The molecule has 0 radical (unpaired) electrons. The molecule has 0 aromatic carbocycles. The number of aromatic amines is 1. The number of nitrogens with one attached hydrogen (secondary N) is 3. The van der Waals surface area contributed by atoms with Crippen LogP contribution in [0, 0.1) is 0 Å². The van der Waals surface area contributed by atoms with Gasteiger partial charge in [0, 0.05) is 26.2 Å². The van der Waals surface area contributed by atoms with Crippen LogP contribution in [0.15, 0.2) is 16.9 Å². The lowest BCUT2D eigenvalue weighted by molar-refractivity contribution is 1.24. The van der Waals surface area contributed by atoms with E-state index in [2.05, 4.69) is 15.6 Å². The van der Waals surface area contributed by atoms with Gasteiger partial charge in [-0.25, -0.2) is 0 Å². The molecule has 3 N–H and O–H groups in total. The van der Waals surface area contributed by atoms with Crippen molar-refractivity contribution in [3.8, 4) is 0 Å². The summed E-state index contributed by atoms with van der Waals surface area (Å²) >= 11 is 0. The predicted octanol–water partition coefficient (Wildman–Crippen LogP) is 1.48. The van der Waals surface area contributed by atoms with Gasteiger partial charge in [0.15, 0.2) is 5.43 Å². The summed E-state index contributed by atoms with van der Waals surface area (Å²) in [4.78, 5) is 13.9. The first-order valence-electron chi connectivity index (χ1n) is 4.36. The maximum atomic E-state index is 10.9. The summed E-state index contributed by atoms with van der Waals surface area (Å²) in [6.07, 6.45) is 0. The largest absolute Gasteiger partial charge is 0.375 e. The Hall–Kier alpha value is -1.45. The highest BCUT2D eigenvalue weighted by molar-refractivity contribution is 5.44. The Labute approximate surface area is 78.4 Å². The maximum absolute atomic E-state index is 10.9. The topological polar surface area (TPSA) is 56.9 Å². The molecule has 4 nitrogen and oxygen atoms in total. The molecule has 74 valence electrons. The van der Waals surface area contributed by atoms with E-state index in [1.807, 2.05) is 13.8 Å². The Morgan fingerprint density at radius 3 is 1.77 bits per heavy atom. The Bertz CT molecular complexity index is 268. The van der Waals surface area contributed by atoms with E-state index in [4.69, 9.17) is 0 Å². The normalized spacial score (nSPS) is 8.31. The quantitative estimate of drug-likeness (QED) is 0.651. The summed E-state index contributed by atoms with van der Waals surface area (Å²) in [7, 11) is 3.51.